The molecule has 0 saturated carbocycles. The predicted molar refractivity (Wildman–Crippen MR) is 78.9 cm³/mol. The van der Waals surface area contributed by atoms with Crippen molar-refractivity contribution in [3.8, 4) is 0 Å². The third kappa shape index (κ3) is 1.71. The maximum Gasteiger partial charge on any atom is 0.274 e. The van der Waals surface area contributed by atoms with Crippen LogP contribution in [0.15, 0.2) is 47.8 Å². The van der Waals surface area contributed by atoms with E-state index in [9.17, 15) is 10.4 Å². The molecule has 1 aromatic heterocycles. The van der Waals surface area contributed by atoms with Gasteiger partial charge < -0.3 is 10.4 Å². The molecule has 5 heteroatoms. The van der Waals surface area contributed by atoms with Gasteiger partial charge in [0.2, 0.25) is 5.71 Å². The topological polar surface area (TPSA) is 49.5 Å². The predicted octanol–water partition coefficient (Wildman–Crippen LogP) is 3.01. The quantitative estimate of drug-likeness (QED) is 0.682. The van der Waals surface area contributed by atoms with Crippen molar-refractivity contribution in [3.05, 3.63) is 63.5 Å². The smallest absolute Gasteiger partial charge is 0.274 e. The van der Waals surface area contributed by atoms with Gasteiger partial charge in [-0.1, -0.05) is 36.4 Å². The first-order valence-corrected chi connectivity index (χ1v) is 7.36. The Hall–Kier alpha value is -1.69. The van der Waals surface area contributed by atoms with Gasteiger partial charge in [0.1, 0.15) is 6.04 Å². The zero-order chi connectivity index (χ0) is 14.3. The molecule has 1 aromatic carbocycles. The van der Waals surface area contributed by atoms with E-state index in [2.05, 4.69) is 0 Å². The van der Waals surface area contributed by atoms with E-state index < -0.39 is 5.66 Å². The fourth-order valence-corrected chi connectivity index (χ4v) is 3.56. The normalized spacial score (nSPS) is 27.2. The monoisotopic (exact) mass is 288 g/mol. The fraction of sp³-hybridized carbons (Fsp3) is 0.267. The number of hydroxylamine groups is 3. The van der Waals surface area contributed by atoms with E-state index in [1.165, 1.54) is 11.3 Å². The Bertz CT molecular complexity index is 639. The highest BCUT2D eigenvalue weighted by Crippen LogP contribution is 2.36. The number of hydrogen-bond donors (Lipinski definition) is 1. The Balaban J connectivity index is 2.18. The molecule has 1 aliphatic rings. The second-order valence-electron chi connectivity index (χ2n) is 5.06. The Labute approximate surface area is 121 Å². The molecule has 0 unspecified atom stereocenters. The van der Waals surface area contributed by atoms with Gasteiger partial charge in [0.05, 0.1) is 4.88 Å². The standard InChI is InChI=1S/C15H16N2O2S/c1-11-14(13-9-6-10-20-13)17(19)15(2,16(11)18)12-7-4-3-5-8-12/h3-11,18H,1-2H3/t11-,15+/m0/s1. The van der Waals surface area contributed by atoms with Crippen molar-refractivity contribution in [2.75, 3.05) is 0 Å². The van der Waals surface area contributed by atoms with E-state index in [0.717, 1.165) is 20.2 Å². The Morgan fingerprint density at radius 1 is 1.25 bits per heavy atom. The molecule has 2 heterocycles. The molecule has 0 aliphatic carbocycles. The van der Waals surface area contributed by atoms with E-state index in [-0.39, 0.29) is 6.04 Å². The fourth-order valence-electron chi connectivity index (χ4n) is 2.72. The van der Waals surface area contributed by atoms with Crippen molar-refractivity contribution in [1.29, 1.82) is 0 Å². The Morgan fingerprint density at radius 2 is 1.95 bits per heavy atom. The number of benzene rings is 1. The van der Waals surface area contributed by atoms with E-state index in [1.807, 2.05) is 54.8 Å². The van der Waals surface area contributed by atoms with Crippen LogP contribution < -0.4 is 0 Å². The minimum absolute atomic E-state index is 0.351. The van der Waals surface area contributed by atoms with E-state index in [0.29, 0.717) is 5.71 Å². The minimum atomic E-state index is -1.10. The lowest BCUT2D eigenvalue weighted by molar-refractivity contribution is -0.595. The molecule has 0 bridgehead atoms. The summed E-state index contributed by atoms with van der Waals surface area (Å²) in [7, 11) is 0. The van der Waals surface area contributed by atoms with Gasteiger partial charge in [-0.2, -0.15) is 4.74 Å². The molecule has 104 valence electrons. The van der Waals surface area contributed by atoms with Crippen LogP contribution in [0.25, 0.3) is 0 Å². The number of nitrogens with zero attached hydrogens (tertiary/aromatic N) is 2. The molecule has 3 rings (SSSR count). The lowest BCUT2D eigenvalue weighted by atomic mass is 10.0. The maximum atomic E-state index is 12.8. The maximum absolute atomic E-state index is 12.8. The molecule has 1 aliphatic heterocycles. The molecule has 1 N–H and O–H groups in total. The van der Waals surface area contributed by atoms with E-state index in [1.54, 1.807) is 6.92 Å². The third-order valence-corrected chi connectivity index (χ3v) is 4.81. The first-order valence-electron chi connectivity index (χ1n) is 6.48. The lowest BCUT2D eigenvalue weighted by Crippen LogP contribution is -2.45. The number of thiophene rings is 1. The lowest BCUT2D eigenvalue weighted by Gasteiger charge is -2.29. The minimum Gasteiger partial charge on any atom is -0.622 e. The van der Waals surface area contributed by atoms with Crippen molar-refractivity contribution in [2.24, 2.45) is 0 Å². The van der Waals surface area contributed by atoms with Crippen LogP contribution >= 0.6 is 11.3 Å². The number of hydrogen-bond acceptors (Lipinski definition) is 4. The zero-order valence-corrected chi connectivity index (χ0v) is 12.2. The Morgan fingerprint density at radius 3 is 2.55 bits per heavy atom. The summed E-state index contributed by atoms with van der Waals surface area (Å²) < 4.78 is 0.929. The molecular weight excluding hydrogens is 272 g/mol. The summed E-state index contributed by atoms with van der Waals surface area (Å²) in [6, 6.07) is 12.8. The van der Waals surface area contributed by atoms with Crippen LogP contribution in [0.5, 0.6) is 0 Å². The molecule has 0 saturated heterocycles. The molecule has 0 amide bonds. The van der Waals surface area contributed by atoms with Crippen LogP contribution in [-0.4, -0.2) is 26.8 Å². The van der Waals surface area contributed by atoms with Gasteiger partial charge in [-0.15, -0.1) is 16.4 Å². The van der Waals surface area contributed by atoms with Gasteiger partial charge in [-0.3, -0.25) is 0 Å². The van der Waals surface area contributed by atoms with Gasteiger partial charge in [0, 0.05) is 12.5 Å². The van der Waals surface area contributed by atoms with Crippen LogP contribution in [0.1, 0.15) is 24.3 Å². The highest BCUT2D eigenvalue weighted by molar-refractivity contribution is 7.12. The summed E-state index contributed by atoms with van der Waals surface area (Å²) in [5, 5.41) is 26.4. The van der Waals surface area contributed by atoms with Crippen LogP contribution in [0.2, 0.25) is 0 Å². The summed E-state index contributed by atoms with van der Waals surface area (Å²) >= 11 is 1.51. The zero-order valence-electron chi connectivity index (χ0n) is 11.4. The highest BCUT2D eigenvalue weighted by atomic mass is 32.1. The second-order valence-corrected chi connectivity index (χ2v) is 6.01. The summed E-state index contributed by atoms with van der Waals surface area (Å²) in [5.74, 6) is 0. The van der Waals surface area contributed by atoms with Gasteiger partial charge >= 0.3 is 0 Å². The van der Waals surface area contributed by atoms with Crippen molar-refractivity contribution in [3.63, 3.8) is 0 Å². The van der Waals surface area contributed by atoms with Crippen LogP contribution in [0, 0.1) is 5.21 Å². The molecule has 20 heavy (non-hydrogen) atoms. The van der Waals surface area contributed by atoms with E-state index >= 15 is 0 Å². The Kier molecular flexibility index (Phi) is 3.12. The van der Waals surface area contributed by atoms with Crippen molar-refractivity contribution < 1.29 is 9.95 Å². The highest BCUT2D eigenvalue weighted by Gasteiger charge is 2.54. The van der Waals surface area contributed by atoms with Crippen LogP contribution in [0.4, 0.5) is 0 Å². The molecule has 4 nitrogen and oxygen atoms in total. The van der Waals surface area contributed by atoms with E-state index in [4.69, 9.17) is 0 Å². The average Bonchev–Trinajstić information content (AvgIpc) is 3.05. The second kappa shape index (κ2) is 4.70. The summed E-state index contributed by atoms with van der Waals surface area (Å²) in [6.45, 7) is 3.58. The largest absolute Gasteiger partial charge is 0.622 e. The van der Waals surface area contributed by atoms with Gasteiger partial charge in [0.25, 0.3) is 5.66 Å². The van der Waals surface area contributed by atoms with Gasteiger partial charge in [-0.05, 0) is 18.4 Å². The average molecular weight is 288 g/mol. The van der Waals surface area contributed by atoms with Crippen molar-refractivity contribution in [2.45, 2.75) is 25.6 Å². The molecule has 2 aromatic rings. The molecule has 0 spiro atoms. The summed E-state index contributed by atoms with van der Waals surface area (Å²) in [4.78, 5) is 0.895. The van der Waals surface area contributed by atoms with Crippen LogP contribution in [0.3, 0.4) is 0 Å². The van der Waals surface area contributed by atoms with Gasteiger partial charge in [-0.25, -0.2) is 0 Å². The van der Waals surface area contributed by atoms with Gasteiger partial charge in [0.15, 0.2) is 0 Å². The number of rotatable bonds is 2. The first kappa shape index (κ1) is 13.3. The van der Waals surface area contributed by atoms with Crippen molar-refractivity contribution in [1.82, 2.24) is 5.06 Å². The first-order chi connectivity index (χ1) is 9.56. The molecular formula is C15H16N2O2S. The molecule has 0 fully saturated rings. The molecule has 0 radical (unpaired) electrons. The third-order valence-electron chi connectivity index (χ3n) is 3.92. The van der Waals surface area contributed by atoms with Crippen LogP contribution in [-0.2, 0) is 5.66 Å². The SMILES string of the molecule is C[C@H]1C(c2cccs2)=[N+]([O-])[C@](C)(c2ccccc2)N1O. The summed E-state index contributed by atoms with van der Waals surface area (Å²) in [6.07, 6.45) is 0. The van der Waals surface area contributed by atoms with Crippen molar-refractivity contribution >= 4 is 17.0 Å². The molecule has 2 atom stereocenters. The summed E-state index contributed by atoms with van der Waals surface area (Å²) in [5.41, 5.74) is 0.282.